The average Bonchev–Trinajstić information content (AvgIpc) is 3.07. The third kappa shape index (κ3) is 10.8. The summed E-state index contributed by atoms with van der Waals surface area (Å²) in [6.07, 6.45) is 13.4. The maximum atomic E-state index is 11.4. The molecule has 2 aliphatic rings. The number of hydrogen-bond acceptors (Lipinski definition) is 4. The van der Waals surface area contributed by atoms with E-state index in [-0.39, 0.29) is 22.1 Å². The highest BCUT2D eigenvalue weighted by atomic mass is 16.4. The number of aliphatic carboxylic acids is 2. The first kappa shape index (κ1) is 54.4. The average molecular weight is 1080 g/mol. The van der Waals surface area contributed by atoms with Gasteiger partial charge in [0.15, 0.2) is 0 Å². The van der Waals surface area contributed by atoms with E-state index in [0.717, 1.165) is 56.0 Å². The van der Waals surface area contributed by atoms with Crippen LogP contribution in [-0.4, -0.2) is 22.2 Å². The first-order valence-corrected chi connectivity index (χ1v) is 27.6. The van der Waals surface area contributed by atoms with Gasteiger partial charge in [0.05, 0.1) is 6.57 Å². The first-order valence-electron chi connectivity index (χ1n) is 27.6. The molecule has 402 valence electrons. The Morgan fingerprint density at radius 2 is 0.880 bits per heavy atom. The summed E-state index contributed by atoms with van der Waals surface area (Å²) in [4.78, 5) is 28.3. The molecule has 0 atom stereocenters. The number of rotatable bonds is 14. The number of hydrogen-bond donors (Lipinski definition) is 2. The van der Waals surface area contributed by atoms with Gasteiger partial charge in [0.2, 0.25) is 0 Å². The second-order valence-electron chi connectivity index (χ2n) is 22.4. The molecule has 0 heterocycles. The van der Waals surface area contributed by atoms with Crippen molar-refractivity contribution in [3.8, 4) is 28.3 Å². The molecule has 7 heteroatoms. The molecule has 11 rings (SSSR count). The predicted molar refractivity (Wildman–Crippen MR) is 340 cm³/mol. The minimum atomic E-state index is -1.25. The standard InChI is InChI=1S/C76H59N3O4/c1-48-13-30-58(39-49(48)2)67(57-11-9-8-10-12-57)41-53-26-31-60(32-27-53)79(61-33-37-65-63-35-28-54(42-68(63)75(3,4)70(65)45-61)22-16-50-14-20-52(21-15-50)40-59(47-77)73(80)81)62-34-38-66-64-36-29-55(43-69(64)76(5,6)71(66)46-62)23-17-51-18-24-56(25-19-51)44-72(78-7)74(82)83/h8-46H,1-6H3,(H,80,81)(H,82,83)/b22-16+,23-17+,59-40-,67-41+,72-44-. The molecule has 2 N–H and O–H groups in total. The van der Waals surface area contributed by atoms with E-state index in [9.17, 15) is 25.1 Å². The normalized spacial score (nSPS) is 13.9. The highest BCUT2D eigenvalue weighted by Crippen LogP contribution is 2.53. The quantitative estimate of drug-likeness (QED) is 0.0486. The zero-order valence-corrected chi connectivity index (χ0v) is 47.1. The molecule has 0 saturated carbocycles. The van der Waals surface area contributed by atoms with Gasteiger partial charge in [-0.25, -0.2) is 9.64 Å². The molecule has 2 aliphatic carbocycles. The van der Waals surface area contributed by atoms with Crippen LogP contribution in [0.25, 0.3) is 75.2 Å². The summed E-state index contributed by atoms with van der Waals surface area (Å²) in [5.74, 6) is -2.49. The topological polar surface area (TPSA) is 106 Å². The fraction of sp³-hybridized carbons (Fsp3) is 0.105. The van der Waals surface area contributed by atoms with Gasteiger partial charge in [-0.1, -0.05) is 210 Å². The molecule has 0 radical (unpaired) electrons. The van der Waals surface area contributed by atoms with Crippen LogP contribution in [0.3, 0.4) is 0 Å². The number of nitriles is 1. The smallest absolute Gasteiger partial charge is 0.346 e. The maximum absolute atomic E-state index is 11.4. The van der Waals surface area contributed by atoms with Crippen molar-refractivity contribution in [3.63, 3.8) is 0 Å². The van der Waals surface area contributed by atoms with Crippen LogP contribution in [0, 0.1) is 31.8 Å². The maximum Gasteiger partial charge on any atom is 0.346 e. The second kappa shape index (κ2) is 22.1. The number of anilines is 3. The van der Waals surface area contributed by atoms with E-state index in [1.807, 2.05) is 54.6 Å². The van der Waals surface area contributed by atoms with E-state index in [1.54, 1.807) is 6.07 Å². The van der Waals surface area contributed by atoms with Gasteiger partial charge in [0, 0.05) is 27.9 Å². The Kier molecular flexibility index (Phi) is 14.5. The molecular weight excluding hydrogens is 1020 g/mol. The van der Waals surface area contributed by atoms with Crippen LogP contribution >= 0.6 is 0 Å². The number of carboxylic acids is 2. The van der Waals surface area contributed by atoms with Crippen molar-refractivity contribution in [3.05, 3.63) is 300 Å². The molecule has 83 heavy (non-hydrogen) atoms. The molecule has 0 amide bonds. The second-order valence-corrected chi connectivity index (χ2v) is 22.4. The highest BCUT2D eigenvalue weighted by Gasteiger charge is 2.38. The van der Waals surface area contributed by atoms with Crippen molar-refractivity contribution in [2.24, 2.45) is 0 Å². The third-order valence-corrected chi connectivity index (χ3v) is 16.4. The van der Waals surface area contributed by atoms with Crippen LogP contribution in [0.1, 0.15) is 111 Å². The molecule has 0 unspecified atom stereocenters. The van der Waals surface area contributed by atoms with Crippen LogP contribution in [0.5, 0.6) is 0 Å². The van der Waals surface area contributed by atoms with Crippen LogP contribution < -0.4 is 4.90 Å². The van der Waals surface area contributed by atoms with Crippen molar-refractivity contribution in [1.29, 1.82) is 5.26 Å². The van der Waals surface area contributed by atoms with E-state index in [1.165, 1.54) is 73.4 Å². The predicted octanol–water partition coefficient (Wildman–Crippen LogP) is 18.7. The van der Waals surface area contributed by atoms with Crippen molar-refractivity contribution in [2.45, 2.75) is 52.4 Å². The SMILES string of the molecule is [C-]#[N+]/C(=C\c1ccc(/C=C/c2ccc3c(c2)C(C)(C)c2cc(N(c4ccc(/C=C(\c5ccccc5)c5ccc(C)c(C)c5)cc4)c4ccc5c(c4)C(C)(C)c4cc(/C=C/c6ccc(/C=C(/C#N)C(=O)O)cc6)ccc4-5)ccc2-3)cc1)C(=O)O. The number of carboxylic acid groups (broad SMARTS) is 2. The minimum absolute atomic E-state index is 0.310. The summed E-state index contributed by atoms with van der Waals surface area (Å²) in [5.41, 5.74) is 24.1. The fourth-order valence-electron chi connectivity index (χ4n) is 11.6. The first-order chi connectivity index (χ1) is 40.0. The molecule has 0 aromatic heterocycles. The van der Waals surface area contributed by atoms with Crippen LogP contribution in [0.15, 0.2) is 205 Å². The van der Waals surface area contributed by atoms with Crippen molar-refractivity contribution in [2.75, 3.05) is 4.90 Å². The third-order valence-electron chi connectivity index (χ3n) is 16.4. The van der Waals surface area contributed by atoms with Gasteiger partial charge in [0.1, 0.15) is 11.6 Å². The van der Waals surface area contributed by atoms with E-state index in [2.05, 4.69) is 221 Å². The van der Waals surface area contributed by atoms with Crippen LogP contribution in [0.4, 0.5) is 17.1 Å². The fourth-order valence-corrected chi connectivity index (χ4v) is 11.6. The number of carbonyl (C=O) groups is 2. The summed E-state index contributed by atoms with van der Waals surface area (Å²) in [5, 5.41) is 27.9. The molecule has 7 nitrogen and oxygen atoms in total. The molecule has 0 fully saturated rings. The summed E-state index contributed by atoms with van der Waals surface area (Å²) in [7, 11) is 0. The summed E-state index contributed by atoms with van der Waals surface area (Å²) < 4.78 is 0. The van der Waals surface area contributed by atoms with Gasteiger partial charge in [-0.15, -0.1) is 0 Å². The van der Waals surface area contributed by atoms with Gasteiger partial charge < -0.3 is 15.1 Å². The lowest BCUT2D eigenvalue weighted by Crippen LogP contribution is -2.18. The Morgan fingerprint density at radius 1 is 0.458 bits per heavy atom. The van der Waals surface area contributed by atoms with E-state index < -0.39 is 11.9 Å². The van der Waals surface area contributed by atoms with E-state index >= 15 is 0 Å². The number of benzene rings is 9. The molecule has 0 bridgehead atoms. The summed E-state index contributed by atoms with van der Waals surface area (Å²) in [6, 6.07) is 70.1. The Balaban J connectivity index is 0.943. The van der Waals surface area contributed by atoms with Gasteiger partial charge >= 0.3 is 11.9 Å². The Hall–Kier alpha value is -10.6. The number of aryl methyl sites for hydroxylation is 2. The molecule has 9 aromatic rings. The zero-order valence-electron chi connectivity index (χ0n) is 47.1. The van der Waals surface area contributed by atoms with Crippen molar-refractivity contribution in [1.82, 2.24) is 0 Å². The number of fused-ring (bicyclic) bond motifs is 6. The minimum Gasteiger partial charge on any atom is -0.486 e. The van der Waals surface area contributed by atoms with Crippen molar-refractivity contribution >= 4 is 77.1 Å². The molecule has 0 saturated heterocycles. The number of nitrogens with zero attached hydrogens (tertiary/aromatic N) is 3. The van der Waals surface area contributed by atoms with Crippen LogP contribution in [0.2, 0.25) is 0 Å². The van der Waals surface area contributed by atoms with Gasteiger partial charge in [-0.3, -0.25) is 4.79 Å². The van der Waals surface area contributed by atoms with E-state index in [4.69, 9.17) is 6.57 Å². The highest BCUT2D eigenvalue weighted by molar-refractivity contribution is 5.97. The monoisotopic (exact) mass is 1080 g/mol. The molecule has 0 aliphatic heterocycles. The largest absolute Gasteiger partial charge is 0.486 e. The Labute approximate surface area is 485 Å². The molecule has 0 spiro atoms. The van der Waals surface area contributed by atoms with Gasteiger partial charge in [-0.05, 0) is 180 Å². The van der Waals surface area contributed by atoms with Gasteiger partial charge in [0.25, 0.3) is 5.70 Å². The molecular formula is C76H59N3O4. The van der Waals surface area contributed by atoms with E-state index in [0.29, 0.717) is 11.1 Å². The Morgan fingerprint density at radius 3 is 1.35 bits per heavy atom. The molecule has 9 aromatic carbocycles. The lowest BCUT2D eigenvalue weighted by atomic mass is 9.81. The lowest BCUT2D eigenvalue weighted by Gasteiger charge is -2.30. The van der Waals surface area contributed by atoms with Crippen LogP contribution in [-0.2, 0) is 20.4 Å². The summed E-state index contributed by atoms with van der Waals surface area (Å²) in [6.45, 7) is 20.8. The lowest BCUT2D eigenvalue weighted by molar-refractivity contribution is -0.133. The summed E-state index contributed by atoms with van der Waals surface area (Å²) >= 11 is 0. The zero-order chi connectivity index (χ0) is 58.2. The van der Waals surface area contributed by atoms with Gasteiger partial charge in [-0.2, -0.15) is 5.26 Å². The van der Waals surface area contributed by atoms with Crippen molar-refractivity contribution < 1.29 is 19.8 Å². The Bertz CT molecular complexity index is 4120.